The Morgan fingerprint density at radius 3 is 2.55 bits per heavy atom. The molecule has 0 fully saturated rings. The first-order chi connectivity index (χ1) is 14.2. The van der Waals surface area contributed by atoms with Crippen molar-refractivity contribution in [2.45, 2.75) is 13.8 Å². The average molecular weight is 429 g/mol. The number of ketones is 1. The van der Waals surface area contributed by atoms with Crippen molar-refractivity contribution in [2.75, 3.05) is 25.4 Å². The van der Waals surface area contributed by atoms with Crippen LogP contribution in [0.5, 0.6) is 17.2 Å². The van der Waals surface area contributed by atoms with Crippen molar-refractivity contribution in [3.05, 3.63) is 63.9 Å². The van der Waals surface area contributed by atoms with Gasteiger partial charge in [-0.25, -0.2) is 0 Å². The number of rotatable bonds is 9. The normalized spacial score (nSPS) is 12.2. The number of carbonyl (C=O) groups excluding carboxylic acids is 1. The molecule has 0 radical (unpaired) electrons. The van der Waals surface area contributed by atoms with Crippen LogP contribution in [0.2, 0.25) is 0 Å². The molecule has 6 heteroatoms. The molecule has 0 saturated heterocycles. The summed E-state index contributed by atoms with van der Waals surface area (Å²) in [6, 6.07) is 13.3. The summed E-state index contributed by atoms with van der Waals surface area (Å²) in [5.41, 5.74) is 2.29. The van der Waals surface area contributed by atoms with Gasteiger partial charge in [-0.05, 0) is 35.8 Å². The molecule has 1 heterocycles. The highest BCUT2D eigenvalue weighted by Gasteiger charge is 2.21. The molecule has 0 unspecified atom stereocenters. The Bertz CT molecular complexity index is 926. The van der Waals surface area contributed by atoms with Gasteiger partial charge in [-0.2, -0.15) is 0 Å². The molecule has 1 aliphatic heterocycles. The third-order valence-electron chi connectivity index (χ3n) is 4.22. The molecule has 0 bridgehead atoms. The summed E-state index contributed by atoms with van der Waals surface area (Å²) in [5, 5.41) is 0. The van der Waals surface area contributed by atoms with E-state index in [-0.39, 0.29) is 12.6 Å². The summed E-state index contributed by atoms with van der Waals surface area (Å²) in [7, 11) is 1.63. The van der Waals surface area contributed by atoms with Gasteiger partial charge in [-0.3, -0.25) is 4.79 Å². The van der Waals surface area contributed by atoms with Gasteiger partial charge in [0.25, 0.3) is 0 Å². The van der Waals surface area contributed by atoms with Crippen molar-refractivity contribution in [1.29, 1.82) is 0 Å². The van der Waals surface area contributed by atoms with Gasteiger partial charge in [0.2, 0.25) is 6.79 Å². The van der Waals surface area contributed by atoms with Gasteiger partial charge in [-0.15, -0.1) is 23.5 Å². The van der Waals surface area contributed by atoms with E-state index in [4.69, 9.17) is 14.2 Å². The second-order valence-corrected chi connectivity index (χ2v) is 8.81. The maximum atomic E-state index is 13.4. The van der Waals surface area contributed by atoms with Crippen LogP contribution in [0.4, 0.5) is 0 Å². The molecule has 152 valence electrons. The van der Waals surface area contributed by atoms with E-state index in [2.05, 4.69) is 13.8 Å². The first-order valence-electron chi connectivity index (χ1n) is 9.43. The molecule has 0 saturated carbocycles. The summed E-state index contributed by atoms with van der Waals surface area (Å²) in [4.78, 5) is 13.4. The monoisotopic (exact) mass is 428 g/mol. The second-order valence-electron chi connectivity index (χ2n) is 6.01. The summed E-state index contributed by atoms with van der Waals surface area (Å²) in [6.07, 6.45) is 3.39. The number of hydrogen-bond donors (Lipinski definition) is 0. The molecule has 2 aromatic rings. The first kappa shape index (κ1) is 21.4. The van der Waals surface area contributed by atoms with Crippen molar-refractivity contribution in [3.8, 4) is 17.2 Å². The third-order valence-corrected chi connectivity index (χ3v) is 6.44. The highest BCUT2D eigenvalue weighted by atomic mass is 32.2. The zero-order chi connectivity index (χ0) is 20.6. The van der Waals surface area contributed by atoms with Crippen LogP contribution in [-0.4, -0.2) is 31.2 Å². The molecule has 0 N–H and O–H groups in total. The van der Waals surface area contributed by atoms with E-state index in [1.165, 1.54) is 0 Å². The number of hydrogen-bond acceptors (Lipinski definition) is 6. The fourth-order valence-corrected chi connectivity index (χ4v) is 5.25. The Labute approximate surface area is 180 Å². The number of thioether (sulfide) groups is 2. The molecular formula is C23H24O4S2. The molecule has 4 nitrogen and oxygen atoms in total. The predicted octanol–water partition coefficient (Wildman–Crippen LogP) is 5.88. The van der Waals surface area contributed by atoms with Crippen molar-refractivity contribution in [1.82, 2.24) is 0 Å². The van der Waals surface area contributed by atoms with Gasteiger partial charge in [0.1, 0.15) is 5.75 Å². The minimum atomic E-state index is -0.0667. The summed E-state index contributed by atoms with van der Waals surface area (Å²) in [5.74, 6) is 3.76. The summed E-state index contributed by atoms with van der Waals surface area (Å²) < 4.78 is 17.5. The predicted molar refractivity (Wildman–Crippen MR) is 123 cm³/mol. The number of allylic oxidation sites excluding steroid dienone is 2. The Balaban J connectivity index is 2.03. The lowest BCUT2D eigenvalue weighted by Gasteiger charge is -2.15. The van der Waals surface area contributed by atoms with Crippen LogP contribution in [0.25, 0.3) is 11.6 Å². The number of methoxy groups -OCH3 is 1. The zero-order valence-electron chi connectivity index (χ0n) is 16.8. The lowest BCUT2D eigenvalue weighted by atomic mass is 10.0. The molecule has 0 aliphatic carbocycles. The number of carbonyl (C=O) groups is 1. The van der Waals surface area contributed by atoms with Gasteiger partial charge in [0.05, 0.1) is 16.9 Å². The van der Waals surface area contributed by atoms with Gasteiger partial charge < -0.3 is 14.2 Å². The molecule has 3 rings (SSSR count). The van der Waals surface area contributed by atoms with E-state index in [1.54, 1.807) is 42.8 Å². The van der Waals surface area contributed by atoms with Gasteiger partial charge in [0.15, 0.2) is 17.3 Å². The fourth-order valence-electron chi connectivity index (χ4n) is 2.98. The summed E-state index contributed by atoms with van der Waals surface area (Å²) >= 11 is 3.36. The lowest BCUT2D eigenvalue weighted by molar-refractivity contribution is -0.109. The van der Waals surface area contributed by atoms with Crippen LogP contribution in [0.3, 0.4) is 0 Å². The topological polar surface area (TPSA) is 44.8 Å². The second kappa shape index (κ2) is 10.5. The van der Waals surface area contributed by atoms with Crippen LogP contribution in [-0.2, 0) is 4.79 Å². The van der Waals surface area contributed by atoms with Crippen molar-refractivity contribution < 1.29 is 19.0 Å². The molecular weight excluding hydrogens is 404 g/mol. The van der Waals surface area contributed by atoms with Crippen molar-refractivity contribution in [3.63, 3.8) is 0 Å². The average Bonchev–Trinajstić information content (AvgIpc) is 3.22. The maximum absolute atomic E-state index is 13.4. The quantitative estimate of drug-likeness (QED) is 0.465. The summed E-state index contributed by atoms with van der Waals surface area (Å²) in [6.45, 7) is 4.38. The molecule has 0 aromatic heterocycles. The molecule has 0 amide bonds. The van der Waals surface area contributed by atoms with E-state index < -0.39 is 0 Å². The molecule has 2 aromatic carbocycles. The number of benzene rings is 2. The van der Waals surface area contributed by atoms with Gasteiger partial charge in [-0.1, -0.05) is 44.2 Å². The van der Waals surface area contributed by atoms with E-state index in [1.807, 2.05) is 42.5 Å². The SMILES string of the molecule is CCSC(SCC)=C(C(=O)/C=C/c1cccc2c1OCO2)c1ccccc1OC. The van der Waals surface area contributed by atoms with Crippen LogP contribution >= 0.6 is 23.5 Å². The zero-order valence-corrected chi connectivity index (χ0v) is 18.4. The third kappa shape index (κ3) is 5.00. The highest BCUT2D eigenvalue weighted by Crippen LogP contribution is 2.40. The maximum Gasteiger partial charge on any atom is 0.231 e. The smallest absolute Gasteiger partial charge is 0.231 e. The largest absolute Gasteiger partial charge is 0.496 e. The number of ether oxygens (including phenoxy) is 3. The van der Waals surface area contributed by atoms with Crippen LogP contribution < -0.4 is 14.2 Å². The molecule has 29 heavy (non-hydrogen) atoms. The highest BCUT2D eigenvalue weighted by molar-refractivity contribution is 8.22. The van der Waals surface area contributed by atoms with Crippen LogP contribution in [0, 0.1) is 0 Å². The lowest BCUT2D eigenvalue weighted by Crippen LogP contribution is -2.03. The molecule has 0 atom stereocenters. The number of para-hydroxylation sites is 2. The van der Waals surface area contributed by atoms with E-state index in [0.29, 0.717) is 22.8 Å². The van der Waals surface area contributed by atoms with Crippen molar-refractivity contribution >= 4 is 41.0 Å². The van der Waals surface area contributed by atoms with Gasteiger partial charge in [0, 0.05) is 11.1 Å². The fraction of sp³-hybridized carbons (Fsp3) is 0.261. The van der Waals surface area contributed by atoms with Crippen molar-refractivity contribution in [2.24, 2.45) is 0 Å². The van der Waals surface area contributed by atoms with Crippen LogP contribution in [0.15, 0.2) is 52.8 Å². The standard InChI is InChI=1S/C23H24O4S2/c1-4-28-23(29-5-2)21(17-10-6-7-11-19(17)25-3)18(24)14-13-16-9-8-12-20-22(16)27-15-26-20/h6-14H,4-5,15H2,1-3H3/b14-13+. The molecule has 1 aliphatic rings. The van der Waals surface area contributed by atoms with Gasteiger partial charge >= 0.3 is 0 Å². The van der Waals surface area contributed by atoms with E-state index >= 15 is 0 Å². The number of fused-ring (bicyclic) bond motifs is 1. The Morgan fingerprint density at radius 2 is 1.83 bits per heavy atom. The minimum Gasteiger partial charge on any atom is -0.496 e. The molecule has 0 spiro atoms. The minimum absolute atomic E-state index is 0.0667. The van der Waals surface area contributed by atoms with E-state index in [9.17, 15) is 4.79 Å². The Morgan fingerprint density at radius 1 is 1.07 bits per heavy atom. The Kier molecular flexibility index (Phi) is 7.72. The van der Waals surface area contributed by atoms with E-state index in [0.717, 1.165) is 26.9 Å². The first-order valence-corrected chi connectivity index (χ1v) is 11.4. The van der Waals surface area contributed by atoms with Crippen LogP contribution in [0.1, 0.15) is 25.0 Å². The Hall–Kier alpha value is -2.31.